The molecule has 0 aliphatic carbocycles. The van der Waals surface area contributed by atoms with Gasteiger partial charge in [0, 0.05) is 5.38 Å². The van der Waals surface area contributed by atoms with Gasteiger partial charge in [-0.15, -0.1) is 21.5 Å². The average molecular weight is 258 g/mol. The van der Waals surface area contributed by atoms with Gasteiger partial charge in [0.2, 0.25) is 10.9 Å². The van der Waals surface area contributed by atoms with Gasteiger partial charge in [-0.05, 0) is 17.5 Å². The van der Waals surface area contributed by atoms with Crippen LogP contribution in [0.5, 0.6) is 0 Å². The van der Waals surface area contributed by atoms with Crippen molar-refractivity contribution in [2.24, 2.45) is 0 Å². The molecule has 0 atom stereocenters. The van der Waals surface area contributed by atoms with Crippen molar-refractivity contribution in [2.45, 2.75) is 19.8 Å². The molecule has 92 valence electrons. The molecule has 4 nitrogen and oxygen atoms in total. The van der Waals surface area contributed by atoms with Crippen molar-refractivity contribution in [3.63, 3.8) is 0 Å². The van der Waals surface area contributed by atoms with E-state index in [9.17, 15) is 0 Å². The molecule has 2 aromatic heterocycles. The molecule has 3 rings (SSSR count). The summed E-state index contributed by atoms with van der Waals surface area (Å²) in [5.41, 5.74) is 9.40. The van der Waals surface area contributed by atoms with E-state index >= 15 is 0 Å². The smallest absolute Gasteiger partial charge is 0.227 e. The second-order valence-electron chi connectivity index (χ2n) is 4.24. The number of nitrogens with two attached hydrogens (primary N) is 1. The molecule has 0 spiro atoms. The lowest BCUT2D eigenvalue weighted by Crippen LogP contribution is -1.94. The summed E-state index contributed by atoms with van der Waals surface area (Å²) in [5, 5.41) is 9.97. The van der Waals surface area contributed by atoms with Gasteiger partial charge < -0.3 is 5.73 Å². The highest BCUT2D eigenvalue weighted by atomic mass is 32.1. The molecule has 0 saturated carbocycles. The zero-order chi connectivity index (χ0) is 12.5. The van der Waals surface area contributed by atoms with Crippen molar-refractivity contribution < 1.29 is 0 Å². The van der Waals surface area contributed by atoms with Crippen LogP contribution in [-0.2, 0) is 6.42 Å². The van der Waals surface area contributed by atoms with Gasteiger partial charge in [-0.1, -0.05) is 37.6 Å². The Hall–Kier alpha value is -1.88. The molecule has 3 aromatic rings. The first kappa shape index (κ1) is 11.2. The monoisotopic (exact) mass is 258 g/mol. The minimum Gasteiger partial charge on any atom is -0.368 e. The minimum atomic E-state index is 0.443. The Balaban J connectivity index is 2.05. The van der Waals surface area contributed by atoms with Crippen LogP contribution in [0.3, 0.4) is 0 Å². The summed E-state index contributed by atoms with van der Waals surface area (Å²) in [7, 11) is 0. The predicted octanol–water partition coefficient (Wildman–Crippen LogP) is 2.99. The standard InChI is InChI=1S/C13H14N4S/c1-2-3-9-4-6-10(7-5-9)11-8-18-13-16-15-12(14)17(11)13/h4-8H,2-3H2,1H3,(H2,14,15). The second kappa shape index (κ2) is 4.42. The fourth-order valence-corrected chi connectivity index (χ4v) is 2.92. The number of aromatic nitrogens is 3. The van der Waals surface area contributed by atoms with Crippen LogP contribution in [0.25, 0.3) is 16.2 Å². The summed E-state index contributed by atoms with van der Waals surface area (Å²) in [4.78, 5) is 0.833. The molecule has 0 saturated heterocycles. The number of hydrogen-bond donors (Lipinski definition) is 1. The highest BCUT2D eigenvalue weighted by molar-refractivity contribution is 7.15. The molecule has 18 heavy (non-hydrogen) atoms. The summed E-state index contributed by atoms with van der Waals surface area (Å²) >= 11 is 1.55. The maximum Gasteiger partial charge on any atom is 0.227 e. The van der Waals surface area contributed by atoms with E-state index in [1.807, 2.05) is 4.40 Å². The predicted molar refractivity (Wildman–Crippen MR) is 74.7 cm³/mol. The van der Waals surface area contributed by atoms with E-state index in [1.165, 1.54) is 12.0 Å². The Labute approximate surface area is 109 Å². The van der Waals surface area contributed by atoms with E-state index in [4.69, 9.17) is 5.73 Å². The third-order valence-corrected chi connectivity index (χ3v) is 3.78. The van der Waals surface area contributed by atoms with Crippen molar-refractivity contribution in [3.8, 4) is 11.3 Å². The van der Waals surface area contributed by atoms with Crippen molar-refractivity contribution >= 4 is 22.2 Å². The number of hydrogen-bond acceptors (Lipinski definition) is 4. The topological polar surface area (TPSA) is 56.2 Å². The third kappa shape index (κ3) is 1.76. The average Bonchev–Trinajstić information content (AvgIpc) is 2.95. The van der Waals surface area contributed by atoms with Crippen LogP contribution in [0.2, 0.25) is 0 Å². The number of aryl methyl sites for hydroxylation is 1. The largest absolute Gasteiger partial charge is 0.368 e. The molecule has 1 aromatic carbocycles. The van der Waals surface area contributed by atoms with E-state index in [0.717, 1.165) is 22.6 Å². The molecular formula is C13H14N4S. The van der Waals surface area contributed by atoms with Crippen molar-refractivity contribution in [3.05, 3.63) is 35.2 Å². The highest BCUT2D eigenvalue weighted by Crippen LogP contribution is 2.27. The van der Waals surface area contributed by atoms with Crippen LogP contribution in [0.15, 0.2) is 29.6 Å². The maximum atomic E-state index is 5.83. The Morgan fingerprint density at radius 1 is 1.22 bits per heavy atom. The summed E-state index contributed by atoms with van der Waals surface area (Å²) in [5.74, 6) is 0.443. The highest BCUT2D eigenvalue weighted by Gasteiger charge is 2.10. The third-order valence-electron chi connectivity index (χ3n) is 2.96. The van der Waals surface area contributed by atoms with E-state index in [0.29, 0.717) is 5.95 Å². The van der Waals surface area contributed by atoms with Crippen LogP contribution < -0.4 is 5.73 Å². The molecule has 0 unspecified atom stereocenters. The molecule has 0 radical (unpaired) electrons. The lowest BCUT2D eigenvalue weighted by Gasteiger charge is -2.03. The molecule has 0 amide bonds. The van der Waals surface area contributed by atoms with Gasteiger partial charge in [0.05, 0.1) is 5.69 Å². The zero-order valence-corrected chi connectivity index (χ0v) is 10.9. The Bertz CT molecular complexity index is 666. The van der Waals surface area contributed by atoms with Gasteiger partial charge >= 0.3 is 0 Å². The van der Waals surface area contributed by atoms with Crippen molar-refractivity contribution in [1.29, 1.82) is 0 Å². The van der Waals surface area contributed by atoms with Gasteiger partial charge in [-0.3, -0.25) is 4.40 Å². The molecule has 0 fully saturated rings. The van der Waals surface area contributed by atoms with Gasteiger partial charge in [-0.25, -0.2) is 0 Å². The van der Waals surface area contributed by atoms with Crippen LogP contribution in [-0.4, -0.2) is 14.6 Å². The van der Waals surface area contributed by atoms with E-state index < -0.39 is 0 Å². The molecule has 2 N–H and O–H groups in total. The van der Waals surface area contributed by atoms with Crippen LogP contribution in [0.1, 0.15) is 18.9 Å². The number of fused-ring (bicyclic) bond motifs is 1. The maximum absolute atomic E-state index is 5.83. The van der Waals surface area contributed by atoms with Gasteiger partial charge in [-0.2, -0.15) is 0 Å². The Morgan fingerprint density at radius 3 is 2.72 bits per heavy atom. The number of nitrogens with zero attached hydrogens (tertiary/aromatic N) is 3. The molecule has 2 heterocycles. The lowest BCUT2D eigenvalue weighted by atomic mass is 10.1. The van der Waals surface area contributed by atoms with E-state index in [2.05, 4.69) is 46.8 Å². The fraction of sp³-hybridized carbons (Fsp3) is 0.231. The zero-order valence-electron chi connectivity index (χ0n) is 10.1. The normalized spacial score (nSPS) is 11.2. The summed E-state index contributed by atoms with van der Waals surface area (Å²) < 4.78 is 1.89. The van der Waals surface area contributed by atoms with Crippen molar-refractivity contribution in [2.75, 3.05) is 5.73 Å². The first-order chi connectivity index (χ1) is 8.79. The molecule has 5 heteroatoms. The Morgan fingerprint density at radius 2 is 2.00 bits per heavy atom. The van der Waals surface area contributed by atoms with E-state index in [1.54, 1.807) is 11.3 Å². The first-order valence-electron chi connectivity index (χ1n) is 5.97. The summed E-state index contributed by atoms with van der Waals surface area (Å²) in [6.45, 7) is 2.19. The van der Waals surface area contributed by atoms with Crippen LogP contribution in [0.4, 0.5) is 5.95 Å². The quantitative estimate of drug-likeness (QED) is 0.785. The lowest BCUT2D eigenvalue weighted by molar-refractivity contribution is 0.922. The van der Waals surface area contributed by atoms with Gasteiger partial charge in [0.15, 0.2) is 0 Å². The van der Waals surface area contributed by atoms with Gasteiger partial charge in [0.25, 0.3) is 0 Å². The van der Waals surface area contributed by atoms with Crippen LogP contribution in [0, 0.1) is 0 Å². The Kier molecular flexibility index (Phi) is 2.76. The molecule has 0 bridgehead atoms. The van der Waals surface area contributed by atoms with Gasteiger partial charge in [0.1, 0.15) is 0 Å². The number of benzene rings is 1. The fourth-order valence-electron chi connectivity index (χ4n) is 2.07. The SMILES string of the molecule is CCCc1ccc(-c2csc3nnc(N)n23)cc1. The number of nitrogen functional groups attached to an aromatic ring is 1. The first-order valence-corrected chi connectivity index (χ1v) is 6.85. The number of anilines is 1. The molecule has 0 aliphatic heterocycles. The molecule has 0 aliphatic rings. The minimum absolute atomic E-state index is 0.443. The van der Waals surface area contributed by atoms with Crippen LogP contribution >= 0.6 is 11.3 Å². The second-order valence-corrected chi connectivity index (χ2v) is 5.08. The number of rotatable bonds is 3. The summed E-state index contributed by atoms with van der Waals surface area (Å²) in [6, 6.07) is 8.60. The number of thiazole rings is 1. The summed E-state index contributed by atoms with van der Waals surface area (Å²) in [6.07, 6.45) is 2.29. The molecular weight excluding hydrogens is 244 g/mol. The van der Waals surface area contributed by atoms with Crippen molar-refractivity contribution in [1.82, 2.24) is 14.6 Å². The van der Waals surface area contributed by atoms with E-state index in [-0.39, 0.29) is 0 Å².